The molecule has 0 spiro atoms. The van der Waals surface area contributed by atoms with Crippen LogP contribution in [0.15, 0.2) is 107 Å². The number of hydrogen-bond acceptors (Lipinski definition) is 3. The van der Waals surface area contributed by atoms with Gasteiger partial charge in [-0.3, -0.25) is 0 Å². The molecule has 4 aromatic rings. The zero-order valence-electron chi connectivity index (χ0n) is 16.8. The van der Waals surface area contributed by atoms with E-state index in [4.69, 9.17) is 17.5 Å². The lowest BCUT2D eigenvalue weighted by Gasteiger charge is -2.14. The molecule has 0 amide bonds. The molecule has 3 aromatic carbocycles. The maximum Gasteiger partial charge on any atom is 0.158 e. The van der Waals surface area contributed by atoms with Crippen molar-refractivity contribution in [3.63, 3.8) is 0 Å². The molecule has 3 nitrogen and oxygen atoms in total. The van der Waals surface area contributed by atoms with Gasteiger partial charge in [0, 0.05) is 41.2 Å². The molecule has 0 bridgehead atoms. The molecule has 1 unspecified atom stereocenters. The van der Waals surface area contributed by atoms with Crippen LogP contribution in [0, 0.1) is 15.8 Å². The average molecular weight is 441 g/mol. The second-order valence-electron chi connectivity index (χ2n) is 7.03. The molecule has 152 valence electrons. The summed E-state index contributed by atoms with van der Waals surface area (Å²) in [4.78, 5) is 1.53. The Labute approximate surface area is 190 Å². The highest BCUT2D eigenvalue weighted by Gasteiger charge is 2.15. The van der Waals surface area contributed by atoms with Gasteiger partial charge in [0.15, 0.2) is 9.79 Å². The Kier molecular flexibility index (Phi) is 6.63. The summed E-state index contributed by atoms with van der Waals surface area (Å²) in [5.74, 6) is 0. The first-order valence-electron chi connectivity index (χ1n) is 9.91. The third kappa shape index (κ3) is 4.78. The Balaban J connectivity index is 1.75. The molecule has 0 fully saturated rings. The van der Waals surface area contributed by atoms with Crippen molar-refractivity contribution in [3.8, 4) is 28.3 Å². The molecule has 0 saturated heterocycles. The standard InChI is InChI=1S/C26H20N2OS2/c27-16-7-17-28-18-24(20-8-3-1-4-9-20)26(30)25(19-28)21-12-14-23(15-13-21)31(29)22-10-5-2-6-11-22/h1-6,8-15,18-19H,7,17H2. The van der Waals surface area contributed by atoms with Crippen molar-refractivity contribution in [2.75, 3.05) is 0 Å². The minimum atomic E-state index is -1.23. The summed E-state index contributed by atoms with van der Waals surface area (Å²) >= 11 is 4.62. The van der Waals surface area contributed by atoms with Gasteiger partial charge in [-0.05, 0) is 47.5 Å². The Morgan fingerprint density at radius 1 is 0.774 bits per heavy atom. The second-order valence-corrected chi connectivity index (χ2v) is 8.92. The van der Waals surface area contributed by atoms with Crippen LogP contribution < -0.4 is 0 Å². The van der Waals surface area contributed by atoms with Crippen LogP contribution in [-0.4, -0.2) is 9.12 Å². The number of aryl methyl sites for hydroxylation is 1. The van der Waals surface area contributed by atoms with E-state index in [1.54, 1.807) is 0 Å². The van der Waals surface area contributed by atoms with Crippen molar-refractivity contribution >= 4 is 23.4 Å². The van der Waals surface area contributed by atoms with Gasteiger partial charge in [-0.15, -0.1) is 0 Å². The molecule has 1 aromatic heterocycles. The largest absolute Gasteiger partial charge is 0.606 e. The summed E-state index contributed by atoms with van der Waals surface area (Å²) in [6.07, 6.45) is 4.43. The van der Waals surface area contributed by atoms with E-state index in [1.807, 2.05) is 102 Å². The number of benzene rings is 3. The molecule has 0 aliphatic carbocycles. The predicted molar refractivity (Wildman–Crippen MR) is 127 cm³/mol. The zero-order valence-corrected chi connectivity index (χ0v) is 18.4. The normalized spacial score (nSPS) is 11.6. The fraction of sp³-hybridized carbons (Fsp3) is 0.0769. The third-order valence-corrected chi connectivity index (χ3v) is 6.82. The Hall–Kier alpha value is -3.17. The molecular weight excluding hydrogens is 420 g/mol. The first-order valence-corrected chi connectivity index (χ1v) is 11.5. The minimum Gasteiger partial charge on any atom is -0.606 e. The summed E-state index contributed by atoms with van der Waals surface area (Å²) in [5, 5.41) is 9.02. The first-order chi connectivity index (χ1) is 15.2. The van der Waals surface area contributed by atoms with Crippen LogP contribution in [-0.2, 0) is 17.7 Å². The van der Waals surface area contributed by atoms with Gasteiger partial charge in [0.05, 0.1) is 17.0 Å². The molecule has 0 radical (unpaired) electrons. The second kappa shape index (κ2) is 9.76. The van der Waals surface area contributed by atoms with Gasteiger partial charge in [0.2, 0.25) is 0 Å². The van der Waals surface area contributed by atoms with Crippen LogP contribution in [0.3, 0.4) is 0 Å². The van der Waals surface area contributed by atoms with E-state index in [1.165, 1.54) is 0 Å². The molecule has 0 aliphatic rings. The van der Waals surface area contributed by atoms with Gasteiger partial charge in [0.1, 0.15) is 0 Å². The summed E-state index contributed by atoms with van der Waals surface area (Å²) < 4.78 is 15.6. The average Bonchev–Trinajstić information content (AvgIpc) is 2.84. The molecule has 0 aliphatic heterocycles. The summed E-state index contributed by atoms with van der Waals surface area (Å²) in [6, 6.07) is 29.4. The lowest BCUT2D eigenvalue weighted by Crippen LogP contribution is -2.02. The van der Waals surface area contributed by atoms with Gasteiger partial charge in [0.25, 0.3) is 0 Å². The molecule has 4 rings (SSSR count). The van der Waals surface area contributed by atoms with E-state index in [2.05, 4.69) is 6.07 Å². The van der Waals surface area contributed by atoms with Crippen molar-refractivity contribution in [1.82, 2.24) is 4.57 Å². The van der Waals surface area contributed by atoms with E-state index >= 15 is 0 Å². The Morgan fingerprint density at radius 2 is 1.29 bits per heavy atom. The maximum atomic E-state index is 12.8. The highest BCUT2D eigenvalue weighted by molar-refractivity contribution is 7.91. The van der Waals surface area contributed by atoms with Crippen LogP contribution in [0.5, 0.6) is 0 Å². The van der Waals surface area contributed by atoms with Gasteiger partial charge >= 0.3 is 0 Å². The van der Waals surface area contributed by atoms with E-state index in [0.29, 0.717) is 13.0 Å². The fourth-order valence-corrected chi connectivity index (χ4v) is 4.81. The zero-order chi connectivity index (χ0) is 21.6. The summed E-state index contributed by atoms with van der Waals surface area (Å²) in [5.41, 5.74) is 3.89. The number of hydrogen-bond donors (Lipinski definition) is 0. The molecule has 0 saturated carbocycles. The van der Waals surface area contributed by atoms with E-state index < -0.39 is 11.2 Å². The Morgan fingerprint density at radius 3 is 1.87 bits per heavy atom. The van der Waals surface area contributed by atoms with Crippen LogP contribution in [0.1, 0.15) is 6.42 Å². The van der Waals surface area contributed by atoms with Crippen LogP contribution in [0.25, 0.3) is 22.3 Å². The maximum absolute atomic E-state index is 12.8. The van der Waals surface area contributed by atoms with Crippen LogP contribution in [0.4, 0.5) is 0 Å². The summed E-state index contributed by atoms with van der Waals surface area (Å²) in [6.45, 7) is 0.592. The first kappa shape index (κ1) is 21.1. The smallest absolute Gasteiger partial charge is 0.158 e. The quantitative estimate of drug-likeness (QED) is 0.250. The van der Waals surface area contributed by atoms with Crippen molar-refractivity contribution in [2.45, 2.75) is 22.8 Å². The fourth-order valence-electron chi connectivity index (χ4n) is 3.41. The lowest BCUT2D eigenvalue weighted by atomic mass is 10.0. The SMILES string of the molecule is N#CCCn1cc(-c2ccccc2)c(=S)c(-c2ccc([S+]([O-])c3ccccc3)cc2)c1. The number of pyridine rings is 1. The number of aromatic nitrogens is 1. The highest BCUT2D eigenvalue weighted by Crippen LogP contribution is 2.30. The van der Waals surface area contributed by atoms with Crippen molar-refractivity contribution in [1.29, 1.82) is 5.26 Å². The van der Waals surface area contributed by atoms with Gasteiger partial charge < -0.3 is 9.12 Å². The molecule has 1 heterocycles. The minimum absolute atomic E-state index is 0.421. The highest BCUT2D eigenvalue weighted by atomic mass is 32.2. The monoisotopic (exact) mass is 440 g/mol. The number of rotatable bonds is 6. The van der Waals surface area contributed by atoms with Crippen LogP contribution in [0.2, 0.25) is 0 Å². The number of nitriles is 1. The van der Waals surface area contributed by atoms with Gasteiger partial charge in [-0.1, -0.05) is 60.7 Å². The number of nitrogens with zero attached hydrogens (tertiary/aromatic N) is 2. The van der Waals surface area contributed by atoms with Crippen LogP contribution >= 0.6 is 12.2 Å². The van der Waals surface area contributed by atoms with Crippen molar-refractivity contribution in [3.05, 3.63) is 102 Å². The van der Waals surface area contributed by atoms with Crippen molar-refractivity contribution in [2.24, 2.45) is 0 Å². The van der Waals surface area contributed by atoms with Gasteiger partial charge in [-0.2, -0.15) is 5.26 Å². The molecule has 5 heteroatoms. The lowest BCUT2D eigenvalue weighted by molar-refractivity contribution is 0.595. The van der Waals surface area contributed by atoms with E-state index in [0.717, 1.165) is 36.6 Å². The third-order valence-electron chi connectivity index (χ3n) is 4.98. The van der Waals surface area contributed by atoms with E-state index in [9.17, 15) is 4.55 Å². The van der Waals surface area contributed by atoms with Crippen molar-refractivity contribution < 1.29 is 4.55 Å². The van der Waals surface area contributed by atoms with E-state index in [-0.39, 0.29) is 0 Å². The molecule has 31 heavy (non-hydrogen) atoms. The molecule has 1 atom stereocenters. The predicted octanol–water partition coefficient (Wildman–Crippen LogP) is 6.63. The molecule has 0 N–H and O–H groups in total. The molecular formula is C26H20N2OS2. The summed E-state index contributed by atoms with van der Waals surface area (Å²) in [7, 11) is 0. The van der Waals surface area contributed by atoms with Gasteiger partial charge in [-0.25, -0.2) is 0 Å². The topological polar surface area (TPSA) is 51.8 Å². The Bertz CT molecular complexity index is 1260.